The van der Waals surface area contributed by atoms with Crippen LogP contribution in [0, 0.1) is 5.92 Å². The molecule has 3 unspecified atom stereocenters. The molecule has 0 aliphatic rings. The zero-order valence-corrected chi connectivity index (χ0v) is 26.3. The Morgan fingerprint density at radius 2 is 1.67 bits per heavy atom. The van der Waals surface area contributed by atoms with Gasteiger partial charge in [0.2, 0.25) is 0 Å². The molecule has 0 saturated heterocycles. The highest BCUT2D eigenvalue weighted by molar-refractivity contribution is 7.97. The number of alkyl halides is 3. The van der Waals surface area contributed by atoms with E-state index in [9.17, 15) is 33.0 Å². The highest BCUT2D eigenvalue weighted by Gasteiger charge is 2.32. The summed E-state index contributed by atoms with van der Waals surface area (Å²) < 4.78 is 46.9. The predicted octanol–water partition coefficient (Wildman–Crippen LogP) is 4.93. The minimum absolute atomic E-state index is 0.0647. The molecule has 3 atom stereocenters. The second kappa shape index (κ2) is 17.2. The summed E-state index contributed by atoms with van der Waals surface area (Å²) in [5, 5.41) is 23.7. The quantitative estimate of drug-likeness (QED) is 0.140. The Kier molecular flexibility index (Phi) is 13.7. The van der Waals surface area contributed by atoms with E-state index in [0.717, 1.165) is 28.2 Å². The van der Waals surface area contributed by atoms with Crippen LogP contribution in [0.1, 0.15) is 30.5 Å². The Morgan fingerprint density at radius 3 is 2.27 bits per heavy atom. The summed E-state index contributed by atoms with van der Waals surface area (Å²) in [5.74, 6) is -0.427. The van der Waals surface area contributed by atoms with Gasteiger partial charge in [-0.05, 0) is 65.7 Å². The molecule has 0 aromatic heterocycles. The van der Waals surface area contributed by atoms with Crippen molar-refractivity contribution in [1.82, 2.24) is 9.62 Å². The minimum atomic E-state index is -4.54. The van der Waals surface area contributed by atoms with E-state index < -0.39 is 35.9 Å². The number of rotatable bonds is 17. The van der Waals surface area contributed by atoms with Crippen LogP contribution in [-0.2, 0) is 33.5 Å². The molecular weight excluding hydrogens is 607 g/mol. The maximum absolute atomic E-state index is 13.5. The molecule has 12 heteroatoms. The lowest BCUT2D eigenvalue weighted by Crippen LogP contribution is -2.53. The first-order valence-corrected chi connectivity index (χ1v) is 15.3. The fraction of sp³-hybridized carbons (Fsp3) is 0.394. The Balaban J connectivity index is 1.79. The van der Waals surface area contributed by atoms with Gasteiger partial charge in [-0.25, -0.2) is 4.31 Å². The van der Waals surface area contributed by atoms with E-state index in [1.165, 1.54) is 36.0 Å². The molecule has 3 N–H and O–H groups in total. The zero-order chi connectivity index (χ0) is 33.0. The van der Waals surface area contributed by atoms with E-state index in [1.807, 2.05) is 58.9 Å². The summed E-state index contributed by atoms with van der Waals surface area (Å²) in [5.41, 5.74) is 0.986. The Labute approximate surface area is 266 Å². The summed E-state index contributed by atoms with van der Waals surface area (Å²) >= 11 is 1.45. The molecule has 0 bridgehead atoms. The van der Waals surface area contributed by atoms with Crippen LogP contribution in [0.3, 0.4) is 0 Å². The number of benzene rings is 3. The Bertz CT molecular complexity index is 1350. The van der Waals surface area contributed by atoms with Gasteiger partial charge < -0.3 is 25.2 Å². The summed E-state index contributed by atoms with van der Waals surface area (Å²) in [4.78, 5) is 27.2. The average Bonchev–Trinajstić information content (AvgIpc) is 3.00. The largest absolute Gasteiger partial charge is 0.453 e. The molecule has 0 radical (unpaired) electrons. The van der Waals surface area contributed by atoms with E-state index in [4.69, 9.17) is 4.74 Å². The van der Waals surface area contributed by atoms with Gasteiger partial charge in [-0.15, -0.1) is 0 Å². The Hall–Kier alpha value is -3.58. The number of likely N-dealkylation sites (N-methyl/N-ethyl adjacent to an activating group) is 1. The van der Waals surface area contributed by atoms with Gasteiger partial charge >= 0.3 is 6.18 Å². The van der Waals surface area contributed by atoms with Crippen LogP contribution in [0.5, 0.6) is 0 Å². The van der Waals surface area contributed by atoms with E-state index in [0.29, 0.717) is 6.54 Å². The van der Waals surface area contributed by atoms with E-state index >= 15 is 0 Å². The summed E-state index contributed by atoms with van der Waals surface area (Å²) in [6.07, 6.45) is -6.68. The zero-order valence-electron chi connectivity index (χ0n) is 25.5. The van der Waals surface area contributed by atoms with Crippen molar-refractivity contribution in [3.63, 3.8) is 0 Å². The SMILES string of the molecule is CC(C)CN(CC(O)C(Cc1ccccc1)NC(=O)C(CN(C)c1cccc(C(F)(F)F)c1)OC=O)Sc1ccc(CO)cc1. The van der Waals surface area contributed by atoms with Crippen molar-refractivity contribution < 1.29 is 37.7 Å². The van der Waals surface area contributed by atoms with Gasteiger partial charge in [0.05, 0.1) is 30.9 Å². The third-order valence-electron chi connectivity index (χ3n) is 6.96. The molecule has 0 fully saturated rings. The average molecular weight is 648 g/mol. The third-order valence-corrected chi connectivity index (χ3v) is 8.00. The van der Waals surface area contributed by atoms with Gasteiger partial charge in [0.15, 0.2) is 6.10 Å². The van der Waals surface area contributed by atoms with Crippen LogP contribution in [0.4, 0.5) is 18.9 Å². The lowest BCUT2D eigenvalue weighted by molar-refractivity contribution is -0.145. The number of carbonyl (C=O) groups is 2. The molecule has 244 valence electrons. The number of carbonyl (C=O) groups excluding carboxylic acids is 2. The van der Waals surface area contributed by atoms with Crippen molar-refractivity contribution in [3.05, 3.63) is 95.6 Å². The van der Waals surface area contributed by atoms with Crippen LogP contribution in [0.2, 0.25) is 0 Å². The monoisotopic (exact) mass is 647 g/mol. The third kappa shape index (κ3) is 11.7. The molecular formula is C33H40F3N3O5S. The number of amides is 1. The first kappa shape index (κ1) is 35.9. The molecule has 3 aromatic carbocycles. The smallest absolute Gasteiger partial charge is 0.416 e. The van der Waals surface area contributed by atoms with Crippen molar-refractivity contribution in [3.8, 4) is 0 Å². The van der Waals surface area contributed by atoms with Gasteiger partial charge in [-0.1, -0.05) is 62.4 Å². The number of hydrogen-bond donors (Lipinski definition) is 3. The fourth-order valence-corrected chi connectivity index (χ4v) is 5.81. The number of anilines is 1. The molecule has 8 nitrogen and oxygen atoms in total. The molecule has 0 saturated carbocycles. The number of hydrogen-bond acceptors (Lipinski definition) is 8. The number of nitrogens with one attached hydrogen (secondary N) is 1. The summed E-state index contributed by atoms with van der Waals surface area (Å²) in [6, 6.07) is 20.6. The highest BCUT2D eigenvalue weighted by Crippen LogP contribution is 2.31. The minimum Gasteiger partial charge on any atom is -0.453 e. The normalized spacial score (nSPS) is 13.7. The molecule has 1 amide bonds. The Morgan fingerprint density at radius 1 is 0.978 bits per heavy atom. The van der Waals surface area contributed by atoms with Crippen molar-refractivity contribution in [2.45, 2.75) is 56.2 Å². The van der Waals surface area contributed by atoms with Crippen LogP contribution in [-0.4, -0.2) is 71.8 Å². The van der Waals surface area contributed by atoms with Gasteiger partial charge in [-0.2, -0.15) is 13.2 Å². The number of ether oxygens (including phenoxy) is 1. The lowest BCUT2D eigenvalue weighted by atomic mass is 10.0. The first-order valence-electron chi connectivity index (χ1n) is 14.5. The second-order valence-electron chi connectivity index (χ2n) is 11.2. The van der Waals surface area contributed by atoms with Crippen LogP contribution >= 0.6 is 11.9 Å². The van der Waals surface area contributed by atoms with E-state index in [-0.39, 0.29) is 44.2 Å². The van der Waals surface area contributed by atoms with Crippen molar-refractivity contribution in [1.29, 1.82) is 0 Å². The van der Waals surface area contributed by atoms with Crippen molar-refractivity contribution in [2.24, 2.45) is 5.92 Å². The first-order chi connectivity index (χ1) is 21.4. The lowest BCUT2D eigenvalue weighted by Gasteiger charge is -2.32. The standard InChI is InChI=1S/C33H40F3N3O5S/c1-23(2)18-39(45-28-14-12-25(21-40)13-15-28)19-30(42)29(16-24-8-5-4-6-9-24)37-32(43)31(44-22-41)20-38(3)27-11-7-10-26(17-27)33(34,35)36/h4-15,17,22-23,29-31,40,42H,16,18-21H2,1-3H3,(H,37,43). The maximum atomic E-state index is 13.5. The molecule has 0 heterocycles. The predicted molar refractivity (Wildman–Crippen MR) is 168 cm³/mol. The van der Waals surface area contributed by atoms with Gasteiger partial charge in [0.25, 0.3) is 12.4 Å². The van der Waals surface area contributed by atoms with Gasteiger partial charge in [0, 0.05) is 30.7 Å². The van der Waals surface area contributed by atoms with Crippen LogP contribution in [0.15, 0.2) is 83.8 Å². The van der Waals surface area contributed by atoms with Gasteiger partial charge in [-0.3, -0.25) is 9.59 Å². The van der Waals surface area contributed by atoms with Crippen molar-refractivity contribution >= 4 is 30.0 Å². The summed E-state index contributed by atoms with van der Waals surface area (Å²) in [7, 11) is 1.49. The molecule has 0 aliphatic heterocycles. The summed E-state index contributed by atoms with van der Waals surface area (Å²) in [6.45, 7) is 4.76. The van der Waals surface area contributed by atoms with E-state index in [2.05, 4.69) is 19.2 Å². The molecule has 3 aromatic rings. The molecule has 0 spiro atoms. The van der Waals surface area contributed by atoms with Gasteiger partial charge in [0.1, 0.15) is 0 Å². The fourth-order valence-electron chi connectivity index (χ4n) is 4.65. The van der Waals surface area contributed by atoms with Crippen LogP contribution in [0.25, 0.3) is 0 Å². The molecule has 0 aliphatic carbocycles. The number of halogens is 3. The van der Waals surface area contributed by atoms with E-state index in [1.54, 1.807) is 0 Å². The highest BCUT2D eigenvalue weighted by atomic mass is 32.2. The number of aliphatic hydroxyl groups is 2. The van der Waals surface area contributed by atoms with Crippen LogP contribution < -0.4 is 10.2 Å². The number of aliphatic hydroxyl groups excluding tert-OH is 2. The second-order valence-corrected chi connectivity index (χ2v) is 12.3. The topological polar surface area (TPSA) is 102 Å². The number of nitrogens with zero attached hydrogens (tertiary/aromatic N) is 2. The molecule has 45 heavy (non-hydrogen) atoms. The van der Waals surface area contributed by atoms with Crippen molar-refractivity contribution in [2.75, 3.05) is 31.6 Å². The molecule has 3 rings (SSSR count). The maximum Gasteiger partial charge on any atom is 0.416 e.